The van der Waals surface area contributed by atoms with Gasteiger partial charge >= 0.3 is 0 Å². The van der Waals surface area contributed by atoms with Crippen molar-refractivity contribution in [2.24, 2.45) is 0 Å². The van der Waals surface area contributed by atoms with E-state index < -0.39 is 0 Å². The molecule has 7 heteroatoms. The molecule has 2 aromatic heterocycles. The highest BCUT2D eigenvalue weighted by Crippen LogP contribution is 2.33. The van der Waals surface area contributed by atoms with Gasteiger partial charge in [-0.05, 0) is 51.6 Å². The van der Waals surface area contributed by atoms with E-state index in [0.717, 1.165) is 42.9 Å². The number of rotatable bonds is 3. The Hall–Kier alpha value is -1.40. The van der Waals surface area contributed by atoms with Gasteiger partial charge in [0.25, 0.3) is 0 Å². The lowest BCUT2D eigenvalue weighted by molar-refractivity contribution is -0.0317. The number of imidazole rings is 1. The molecule has 0 saturated carbocycles. The summed E-state index contributed by atoms with van der Waals surface area (Å²) in [6.45, 7) is 11.3. The first-order chi connectivity index (χ1) is 11.3. The Morgan fingerprint density at radius 1 is 1.21 bits per heavy atom. The lowest BCUT2D eigenvalue weighted by Gasteiger charge is -2.26. The average Bonchev–Trinajstić information content (AvgIpc) is 2.86. The number of ether oxygens (including phenoxy) is 1. The zero-order valence-corrected chi connectivity index (χ0v) is 15.8. The fourth-order valence-corrected chi connectivity index (χ4v) is 3.19. The molecule has 1 N–H and O–H groups in total. The normalized spacial score (nSPS) is 19.2. The molecule has 1 aliphatic heterocycles. The summed E-state index contributed by atoms with van der Waals surface area (Å²) in [4.78, 5) is 13.7. The van der Waals surface area contributed by atoms with Crippen molar-refractivity contribution in [1.82, 2.24) is 19.5 Å². The van der Waals surface area contributed by atoms with Crippen molar-refractivity contribution in [3.63, 3.8) is 0 Å². The molecule has 1 fully saturated rings. The zero-order valence-electron chi connectivity index (χ0n) is 15.1. The summed E-state index contributed by atoms with van der Waals surface area (Å²) < 4.78 is 8.11. The highest BCUT2D eigenvalue weighted by Gasteiger charge is 2.27. The van der Waals surface area contributed by atoms with Crippen molar-refractivity contribution in [2.75, 3.05) is 11.9 Å². The second-order valence-electron chi connectivity index (χ2n) is 7.70. The Kier molecular flexibility index (Phi) is 4.71. The van der Waals surface area contributed by atoms with Crippen molar-refractivity contribution < 1.29 is 4.74 Å². The molecule has 0 aliphatic carbocycles. The molecule has 1 unspecified atom stereocenters. The first-order valence-corrected chi connectivity index (χ1v) is 8.99. The minimum Gasteiger partial charge on any atom is -0.363 e. The summed E-state index contributed by atoms with van der Waals surface area (Å²) in [5.74, 6) is 1.89. The van der Waals surface area contributed by atoms with Gasteiger partial charge in [-0.3, -0.25) is 4.57 Å². The summed E-state index contributed by atoms with van der Waals surface area (Å²) in [6.07, 6.45) is 3.18. The van der Waals surface area contributed by atoms with Gasteiger partial charge in [0.15, 0.2) is 17.0 Å². The molecule has 0 amide bonds. The van der Waals surface area contributed by atoms with Crippen molar-refractivity contribution in [2.45, 2.75) is 71.6 Å². The fourth-order valence-electron chi connectivity index (χ4n) is 3.03. The van der Waals surface area contributed by atoms with Crippen LogP contribution in [-0.2, 0) is 4.74 Å². The molecule has 0 spiro atoms. The smallest absolute Gasteiger partial charge is 0.226 e. The molecule has 3 rings (SSSR count). The molecule has 0 aromatic carbocycles. The van der Waals surface area contributed by atoms with Crippen LogP contribution in [0.4, 0.5) is 5.82 Å². The molecule has 0 bridgehead atoms. The Balaban J connectivity index is 2.19. The van der Waals surface area contributed by atoms with Gasteiger partial charge in [-0.25, -0.2) is 4.98 Å². The summed E-state index contributed by atoms with van der Waals surface area (Å²) in [6, 6.07) is 0. The lowest BCUT2D eigenvalue weighted by atomic mass is 10.1. The van der Waals surface area contributed by atoms with Crippen LogP contribution >= 0.6 is 11.6 Å². The number of nitrogens with one attached hydrogen (secondary N) is 1. The van der Waals surface area contributed by atoms with Crippen LogP contribution in [0, 0.1) is 0 Å². The third-order valence-electron chi connectivity index (χ3n) is 3.99. The van der Waals surface area contributed by atoms with E-state index in [1.165, 1.54) is 0 Å². The standard InChI is InChI=1S/C17H26ClN5O/c1-10(2)14-19-12-13(22-17(3,4)5)20-16(18)21-15(12)23(14)11-8-6-7-9-24-11/h10-11H,6-9H2,1-5H3,(H,20,21,22). The van der Waals surface area contributed by atoms with Gasteiger partial charge in [0.1, 0.15) is 12.1 Å². The van der Waals surface area contributed by atoms with E-state index in [2.05, 4.69) is 54.5 Å². The molecule has 132 valence electrons. The minimum atomic E-state index is -0.145. The lowest BCUT2D eigenvalue weighted by Crippen LogP contribution is -2.27. The predicted octanol–water partition coefficient (Wildman–Crippen LogP) is 4.51. The highest BCUT2D eigenvalue weighted by molar-refractivity contribution is 6.28. The van der Waals surface area contributed by atoms with Gasteiger partial charge in [-0.1, -0.05) is 13.8 Å². The minimum absolute atomic E-state index is 0.0328. The summed E-state index contributed by atoms with van der Waals surface area (Å²) in [7, 11) is 0. The Morgan fingerprint density at radius 3 is 2.54 bits per heavy atom. The number of anilines is 1. The molecule has 2 aromatic rings. The Labute approximate surface area is 148 Å². The number of fused-ring (bicyclic) bond motifs is 1. The average molecular weight is 352 g/mol. The second-order valence-corrected chi connectivity index (χ2v) is 8.04. The van der Waals surface area contributed by atoms with E-state index in [9.17, 15) is 0 Å². The van der Waals surface area contributed by atoms with E-state index >= 15 is 0 Å². The van der Waals surface area contributed by atoms with Crippen LogP contribution in [0.5, 0.6) is 0 Å². The third-order valence-corrected chi connectivity index (χ3v) is 4.16. The van der Waals surface area contributed by atoms with Gasteiger partial charge in [0.05, 0.1) is 0 Å². The van der Waals surface area contributed by atoms with Gasteiger partial charge in [0.2, 0.25) is 5.28 Å². The van der Waals surface area contributed by atoms with E-state index in [1.54, 1.807) is 0 Å². The van der Waals surface area contributed by atoms with Crippen LogP contribution in [0.3, 0.4) is 0 Å². The number of halogens is 1. The fraction of sp³-hybridized carbons (Fsp3) is 0.706. The summed E-state index contributed by atoms with van der Waals surface area (Å²) >= 11 is 6.21. The van der Waals surface area contributed by atoms with E-state index in [0.29, 0.717) is 5.82 Å². The van der Waals surface area contributed by atoms with E-state index in [-0.39, 0.29) is 23.0 Å². The molecular weight excluding hydrogens is 326 g/mol. The summed E-state index contributed by atoms with van der Waals surface area (Å²) in [5.41, 5.74) is 1.36. The van der Waals surface area contributed by atoms with Gasteiger partial charge in [0, 0.05) is 18.1 Å². The first kappa shape index (κ1) is 17.4. The van der Waals surface area contributed by atoms with Crippen LogP contribution < -0.4 is 5.32 Å². The molecule has 6 nitrogen and oxygen atoms in total. The van der Waals surface area contributed by atoms with Crippen molar-refractivity contribution in [3.8, 4) is 0 Å². The van der Waals surface area contributed by atoms with Gasteiger partial charge < -0.3 is 10.1 Å². The number of hydrogen-bond acceptors (Lipinski definition) is 5. The van der Waals surface area contributed by atoms with E-state index in [1.807, 2.05) is 0 Å². The maximum absolute atomic E-state index is 6.21. The Morgan fingerprint density at radius 2 is 1.96 bits per heavy atom. The number of nitrogens with zero attached hydrogens (tertiary/aromatic N) is 4. The Bertz CT molecular complexity index is 729. The molecule has 1 aliphatic rings. The van der Waals surface area contributed by atoms with Crippen LogP contribution in [0.1, 0.15) is 71.9 Å². The van der Waals surface area contributed by atoms with Crippen LogP contribution in [0.2, 0.25) is 5.28 Å². The molecule has 0 radical (unpaired) electrons. The van der Waals surface area contributed by atoms with Gasteiger partial charge in [-0.15, -0.1) is 0 Å². The number of hydrogen-bond donors (Lipinski definition) is 1. The molecule has 24 heavy (non-hydrogen) atoms. The predicted molar refractivity (Wildman–Crippen MR) is 96.6 cm³/mol. The summed E-state index contributed by atoms with van der Waals surface area (Å²) in [5, 5.41) is 3.62. The maximum atomic E-state index is 6.21. The quantitative estimate of drug-likeness (QED) is 0.824. The molecule has 1 atom stereocenters. The van der Waals surface area contributed by atoms with E-state index in [4.69, 9.17) is 21.3 Å². The van der Waals surface area contributed by atoms with Crippen molar-refractivity contribution in [1.29, 1.82) is 0 Å². The van der Waals surface area contributed by atoms with Crippen LogP contribution in [0.15, 0.2) is 0 Å². The monoisotopic (exact) mass is 351 g/mol. The molecule has 1 saturated heterocycles. The zero-order chi connectivity index (χ0) is 17.5. The third kappa shape index (κ3) is 3.49. The largest absolute Gasteiger partial charge is 0.363 e. The molecular formula is C17H26ClN5O. The number of aromatic nitrogens is 4. The topological polar surface area (TPSA) is 64.9 Å². The molecule has 3 heterocycles. The van der Waals surface area contributed by atoms with Gasteiger partial charge in [-0.2, -0.15) is 9.97 Å². The SMILES string of the molecule is CC(C)c1nc2c(NC(C)(C)C)nc(Cl)nc2n1C1CCCCO1. The van der Waals surface area contributed by atoms with Crippen molar-refractivity contribution >= 4 is 28.6 Å². The first-order valence-electron chi connectivity index (χ1n) is 8.61. The maximum Gasteiger partial charge on any atom is 0.226 e. The highest BCUT2D eigenvalue weighted by atomic mass is 35.5. The second kappa shape index (κ2) is 6.48. The van der Waals surface area contributed by atoms with Crippen LogP contribution in [-0.4, -0.2) is 31.7 Å². The van der Waals surface area contributed by atoms with Crippen LogP contribution in [0.25, 0.3) is 11.2 Å². The van der Waals surface area contributed by atoms with Crippen molar-refractivity contribution in [3.05, 3.63) is 11.1 Å².